The van der Waals surface area contributed by atoms with Crippen LogP contribution in [-0.4, -0.2) is 35.5 Å². The van der Waals surface area contributed by atoms with E-state index in [1.54, 1.807) is 0 Å². The first-order chi connectivity index (χ1) is 11.4. The average molecular weight is 334 g/mol. The fraction of sp³-hybridized carbons (Fsp3) is 0.471. The van der Waals surface area contributed by atoms with Crippen LogP contribution in [0.2, 0.25) is 0 Å². The van der Waals surface area contributed by atoms with Crippen molar-refractivity contribution in [3.63, 3.8) is 0 Å². The first-order valence-corrected chi connectivity index (χ1v) is 7.89. The molecule has 1 fully saturated rings. The number of carboxylic acids is 1. The van der Waals surface area contributed by atoms with Crippen LogP contribution in [0.4, 0.5) is 0 Å². The Morgan fingerprint density at radius 2 is 1.92 bits per heavy atom. The van der Waals surface area contributed by atoms with Crippen molar-refractivity contribution < 1.29 is 24.2 Å². The molecule has 4 N–H and O–H groups in total. The number of amides is 1. The van der Waals surface area contributed by atoms with Crippen molar-refractivity contribution in [1.82, 2.24) is 5.32 Å². The second kappa shape index (κ2) is 7.92. The van der Waals surface area contributed by atoms with E-state index < -0.39 is 29.3 Å². The maximum atomic E-state index is 11.9. The monoisotopic (exact) mass is 334 g/mol. The Morgan fingerprint density at radius 3 is 2.46 bits per heavy atom. The highest BCUT2D eigenvalue weighted by Gasteiger charge is 2.44. The van der Waals surface area contributed by atoms with Gasteiger partial charge in [0.05, 0.1) is 17.9 Å². The predicted octanol–water partition coefficient (Wildman–Crippen LogP) is 0.818. The number of nitrogens with one attached hydrogen (secondary N) is 1. The molecule has 0 heterocycles. The largest absolute Gasteiger partial charge is 0.481 e. The van der Waals surface area contributed by atoms with Gasteiger partial charge in [-0.15, -0.1) is 0 Å². The van der Waals surface area contributed by atoms with Crippen LogP contribution in [0, 0.1) is 5.41 Å². The van der Waals surface area contributed by atoms with Crippen LogP contribution < -0.4 is 11.1 Å². The molecule has 1 amide bonds. The number of nitrogens with two attached hydrogens (primary N) is 1. The molecule has 2 rings (SSSR count). The number of esters is 1. The predicted molar refractivity (Wildman–Crippen MR) is 85.8 cm³/mol. The van der Waals surface area contributed by atoms with Crippen LogP contribution in [0.15, 0.2) is 30.3 Å². The van der Waals surface area contributed by atoms with Crippen LogP contribution in [0.1, 0.15) is 31.2 Å². The average Bonchev–Trinajstić information content (AvgIpc) is 2.52. The number of benzene rings is 1. The van der Waals surface area contributed by atoms with Crippen molar-refractivity contribution in [1.29, 1.82) is 0 Å². The van der Waals surface area contributed by atoms with E-state index in [0.717, 1.165) is 12.0 Å². The number of carbonyl (C=O) groups is 3. The molecular formula is C17H22N2O5. The molecule has 0 spiro atoms. The Bertz CT molecular complexity index is 598. The summed E-state index contributed by atoms with van der Waals surface area (Å²) in [6, 6.07) is 8.12. The Balaban J connectivity index is 1.72. The second-order valence-electron chi connectivity index (χ2n) is 6.11. The lowest BCUT2D eigenvalue weighted by Crippen LogP contribution is -2.51. The summed E-state index contributed by atoms with van der Waals surface area (Å²) in [6.45, 7) is 0.157. The van der Waals surface area contributed by atoms with Gasteiger partial charge in [0.15, 0.2) is 0 Å². The summed E-state index contributed by atoms with van der Waals surface area (Å²) in [4.78, 5) is 34.9. The molecule has 0 saturated heterocycles. The summed E-state index contributed by atoms with van der Waals surface area (Å²) >= 11 is 0. The molecule has 0 radical (unpaired) electrons. The van der Waals surface area contributed by atoms with Gasteiger partial charge in [-0.2, -0.15) is 0 Å². The highest BCUT2D eigenvalue weighted by Crippen LogP contribution is 2.40. The van der Waals surface area contributed by atoms with E-state index in [2.05, 4.69) is 5.32 Å². The number of hydrogen-bond donors (Lipinski definition) is 3. The third kappa shape index (κ3) is 4.55. The minimum atomic E-state index is -1.06. The number of carbonyl (C=O) groups excluding carboxylic acids is 2. The van der Waals surface area contributed by atoms with E-state index in [1.165, 1.54) is 0 Å². The smallest absolute Gasteiger partial charge is 0.311 e. The molecule has 130 valence electrons. The van der Waals surface area contributed by atoms with Gasteiger partial charge in [0.25, 0.3) is 0 Å². The van der Waals surface area contributed by atoms with Crippen molar-refractivity contribution in [3.8, 4) is 0 Å². The molecule has 0 aromatic heterocycles. The summed E-state index contributed by atoms with van der Waals surface area (Å²) in [6.07, 6.45) is 1.66. The lowest BCUT2D eigenvalue weighted by atomic mass is 9.69. The lowest BCUT2D eigenvalue weighted by Gasteiger charge is -2.37. The third-order valence-corrected chi connectivity index (χ3v) is 4.33. The Morgan fingerprint density at radius 1 is 1.25 bits per heavy atom. The first-order valence-electron chi connectivity index (χ1n) is 7.89. The number of rotatable bonds is 8. The van der Waals surface area contributed by atoms with Gasteiger partial charge in [-0.1, -0.05) is 36.8 Å². The molecule has 1 atom stereocenters. The molecule has 1 aromatic carbocycles. The van der Waals surface area contributed by atoms with Gasteiger partial charge in [-0.25, -0.2) is 0 Å². The minimum absolute atomic E-state index is 0.0356. The van der Waals surface area contributed by atoms with Crippen LogP contribution in [0.5, 0.6) is 0 Å². The number of ether oxygens (including phenoxy) is 1. The zero-order valence-electron chi connectivity index (χ0n) is 13.4. The Hall–Kier alpha value is -2.41. The van der Waals surface area contributed by atoms with Crippen LogP contribution in [-0.2, 0) is 25.7 Å². The van der Waals surface area contributed by atoms with Gasteiger partial charge >= 0.3 is 11.9 Å². The third-order valence-electron chi connectivity index (χ3n) is 4.33. The number of carboxylic acid groups (broad SMARTS) is 1. The van der Waals surface area contributed by atoms with Gasteiger partial charge in [-0.3, -0.25) is 14.4 Å². The van der Waals surface area contributed by atoms with Crippen LogP contribution >= 0.6 is 0 Å². The molecule has 0 unspecified atom stereocenters. The van der Waals surface area contributed by atoms with E-state index >= 15 is 0 Å². The standard InChI is InChI=1S/C17H22N2O5/c18-13(9-14(20)24-10-12-5-2-1-3-6-12)15(21)19-11-17(16(22)23)7-4-8-17/h1-3,5-6,13H,4,7-11,18H2,(H,19,21)(H,22,23)/t13-/m0/s1. The van der Waals surface area contributed by atoms with Crippen molar-refractivity contribution in [3.05, 3.63) is 35.9 Å². The highest BCUT2D eigenvalue weighted by atomic mass is 16.5. The maximum Gasteiger partial charge on any atom is 0.311 e. The summed E-state index contributed by atoms with van der Waals surface area (Å²) in [5.41, 5.74) is 5.65. The van der Waals surface area contributed by atoms with Crippen molar-refractivity contribution in [2.75, 3.05) is 6.54 Å². The maximum absolute atomic E-state index is 11.9. The fourth-order valence-electron chi connectivity index (χ4n) is 2.53. The summed E-state index contributed by atoms with van der Waals surface area (Å²) in [5.74, 6) is -2.03. The molecule has 1 aromatic rings. The zero-order chi connectivity index (χ0) is 17.6. The van der Waals surface area contributed by atoms with Gasteiger partial charge in [-0.05, 0) is 18.4 Å². The molecule has 1 aliphatic carbocycles. The topological polar surface area (TPSA) is 119 Å². The normalized spacial score (nSPS) is 16.5. The lowest BCUT2D eigenvalue weighted by molar-refractivity contribution is -0.154. The van der Waals surface area contributed by atoms with Gasteiger partial charge < -0.3 is 20.9 Å². The van der Waals surface area contributed by atoms with Crippen molar-refractivity contribution in [2.45, 2.75) is 38.3 Å². The van der Waals surface area contributed by atoms with E-state index in [9.17, 15) is 19.5 Å². The Labute approximate surface area is 140 Å². The number of hydrogen-bond acceptors (Lipinski definition) is 5. The molecular weight excluding hydrogens is 312 g/mol. The molecule has 0 bridgehead atoms. The van der Waals surface area contributed by atoms with E-state index in [-0.39, 0.29) is 19.6 Å². The molecule has 7 heteroatoms. The first kappa shape index (κ1) is 17.9. The molecule has 24 heavy (non-hydrogen) atoms. The minimum Gasteiger partial charge on any atom is -0.481 e. The van der Waals surface area contributed by atoms with Crippen molar-refractivity contribution >= 4 is 17.8 Å². The number of aliphatic carboxylic acids is 1. The summed E-state index contributed by atoms with van der Waals surface area (Å²) < 4.78 is 5.07. The van der Waals surface area contributed by atoms with Gasteiger partial charge in [0.2, 0.25) is 5.91 Å². The molecule has 1 aliphatic rings. The van der Waals surface area contributed by atoms with E-state index in [1.807, 2.05) is 30.3 Å². The van der Waals surface area contributed by atoms with Crippen LogP contribution in [0.3, 0.4) is 0 Å². The molecule has 0 aliphatic heterocycles. The fourth-order valence-corrected chi connectivity index (χ4v) is 2.53. The quantitative estimate of drug-likeness (QED) is 0.606. The van der Waals surface area contributed by atoms with Crippen LogP contribution in [0.25, 0.3) is 0 Å². The molecule has 7 nitrogen and oxygen atoms in total. The van der Waals surface area contributed by atoms with E-state index in [0.29, 0.717) is 12.8 Å². The summed E-state index contributed by atoms with van der Waals surface area (Å²) in [7, 11) is 0. The Kier molecular flexibility index (Phi) is 5.92. The SMILES string of the molecule is N[C@@H](CC(=O)OCc1ccccc1)C(=O)NCC1(C(=O)O)CCC1. The summed E-state index contributed by atoms with van der Waals surface area (Å²) in [5, 5.41) is 11.7. The van der Waals surface area contributed by atoms with Gasteiger partial charge in [0, 0.05) is 6.54 Å². The zero-order valence-corrected chi connectivity index (χ0v) is 13.4. The van der Waals surface area contributed by atoms with E-state index in [4.69, 9.17) is 10.5 Å². The van der Waals surface area contributed by atoms with Crippen molar-refractivity contribution in [2.24, 2.45) is 11.1 Å². The highest BCUT2D eigenvalue weighted by molar-refractivity contribution is 5.87. The second-order valence-corrected chi connectivity index (χ2v) is 6.11. The molecule has 1 saturated carbocycles. The van der Waals surface area contributed by atoms with Gasteiger partial charge in [0.1, 0.15) is 6.61 Å².